The third kappa shape index (κ3) is 4.31. The lowest BCUT2D eigenvalue weighted by Gasteiger charge is -2.05. The fourth-order valence-corrected chi connectivity index (χ4v) is 2.46. The van der Waals surface area contributed by atoms with Gasteiger partial charge >= 0.3 is 0 Å². The van der Waals surface area contributed by atoms with Gasteiger partial charge < -0.3 is 5.32 Å². The molecule has 1 heterocycles. The van der Waals surface area contributed by atoms with Crippen LogP contribution in [0.25, 0.3) is 0 Å². The molecule has 1 aromatic carbocycles. The lowest BCUT2D eigenvalue weighted by atomic mass is 10.3. The minimum absolute atomic E-state index is 0.200. The Kier molecular flexibility index (Phi) is 4.68. The van der Waals surface area contributed by atoms with Gasteiger partial charge in [0.1, 0.15) is 16.7 Å². The van der Waals surface area contributed by atoms with Crippen LogP contribution in [0.2, 0.25) is 0 Å². The van der Waals surface area contributed by atoms with Crippen molar-refractivity contribution in [3.8, 4) is 0 Å². The van der Waals surface area contributed by atoms with Crippen LogP contribution in [0.1, 0.15) is 11.5 Å². The maximum Gasteiger partial charge on any atom is 0.234 e. The summed E-state index contributed by atoms with van der Waals surface area (Å²) in [5, 5.41) is 3.39. The molecule has 0 saturated heterocycles. The third-order valence-electron chi connectivity index (χ3n) is 2.40. The fourth-order valence-electron chi connectivity index (χ4n) is 1.66. The van der Waals surface area contributed by atoms with Crippen LogP contribution in [0.15, 0.2) is 35.4 Å². The molecule has 2 aromatic rings. The van der Waals surface area contributed by atoms with E-state index in [4.69, 9.17) is 0 Å². The van der Waals surface area contributed by atoms with Gasteiger partial charge in [-0.15, -0.1) is 0 Å². The van der Waals surface area contributed by atoms with E-state index in [1.54, 1.807) is 12.1 Å². The molecular formula is C14H14FN3OS. The Morgan fingerprint density at radius 2 is 2.10 bits per heavy atom. The summed E-state index contributed by atoms with van der Waals surface area (Å²) in [6.07, 6.45) is 0. The SMILES string of the molecule is Cc1cc(SCC(=O)Nc2cccc(F)c2)nc(C)n1. The zero-order valence-corrected chi connectivity index (χ0v) is 12.0. The second-order valence-corrected chi connectivity index (χ2v) is 5.24. The van der Waals surface area contributed by atoms with Gasteiger partial charge in [0, 0.05) is 11.4 Å². The molecule has 0 aliphatic carbocycles. The Labute approximate surface area is 120 Å². The number of carbonyl (C=O) groups is 1. The Balaban J connectivity index is 1.92. The lowest BCUT2D eigenvalue weighted by Crippen LogP contribution is -2.14. The summed E-state index contributed by atoms with van der Waals surface area (Å²) in [4.78, 5) is 20.2. The van der Waals surface area contributed by atoms with Crippen LogP contribution < -0.4 is 5.32 Å². The molecule has 20 heavy (non-hydrogen) atoms. The summed E-state index contributed by atoms with van der Waals surface area (Å²) in [7, 11) is 0. The maximum atomic E-state index is 13.0. The van der Waals surface area contributed by atoms with E-state index in [0.717, 1.165) is 10.7 Å². The molecule has 2 rings (SSSR count). The summed E-state index contributed by atoms with van der Waals surface area (Å²) < 4.78 is 13.0. The van der Waals surface area contributed by atoms with Gasteiger partial charge in [0.05, 0.1) is 5.75 Å². The number of rotatable bonds is 4. The highest BCUT2D eigenvalue weighted by Crippen LogP contribution is 2.17. The second kappa shape index (κ2) is 6.47. The highest BCUT2D eigenvalue weighted by Gasteiger charge is 2.06. The average Bonchev–Trinajstić information content (AvgIpc) is 2.35. The topological polar surface area (TPSA) is 54.9 Å². The summed E-state index contributed by atoms with van der Waals surface area (Å²) >= 11 is 1.32. The number of aryl methyl sites for hydroxylation is 2. The van der Waals surface area contributed by atoms with Crippen LogP contribution in [0.5, 0.6) is 0 Å². The molecule has 1 N–H and O–H groups in total. The zero-order chi connectivity index (χ0) is 14.5. The van der Waals surface area contributed by atoms with Crippen LogP contribution >= 0.6 is 11.8 Å². The molecule has 0 saturated carbocycles. The standard InChI is InChI=1S/C14H14FN3OS/c1-9-6-14(17-10(2)16-9)20-8-13(19)18-12-5-3-4-11(15)7-12/h3-7H,8H2,1-2H3,(H,18,19). The zero-order valence-electron chi connectivity index (χ0n) is 11.2. The molecule has 0 radical (unpaired) electrons. The van der Waals surface area contributed by atoms with E-state index in [2.05, 4.69) is 15.3 Å². The summed E-state index contributed by atoms with van der Waals surface area (Å²) in [6, 6.07) is 7.63. The van der Waals surface area contributed by atoms with Crippen LogP contribution in [0.4, 0.5) is 10.1 Å². The van der Waals surface area contributed by atoms with E-state index >= 15 is 0 Å². The highest BCUT2D eigenvalue weighted by molar-refractivity contribution is 7.99. The molecule has 1 amide bonds. The summed E-state index contributed by atoms with van der Waals surface area (Å²) in [5.74, 6) is 0.317. The van der Waals surface area contributed by atoms with Crippen molar-refractivity contribution in [2.45, 2.75) is 18.9 Å². The van der Waals surface area contributed by atoms with Gasteiger partial charge in [-0.1, -0.05) is 17.8 Å². The number of thioether (sulfide) groups is 1. The van der Waals surface area contributed by atoms with Crippen molar-refractivity contribution in [1.82, 2.24) is 9.97 Å². The maximum absolute atomic E-state index is 13.0. The molecule has 0 aliphatic heterocycles. The number of carbonyl (C=O) groups excluding carboxylic acids is 1. The van der Waals surface area contributed by atoms with Crippen molar-refractivity contribution in [3.05, 3.63) is 47.7 Å². The molecule has 0 aliphatic rings. The van der Waals surface area contributed by atoms with Gasteiger partial charge in [-0.3, -0.25) is 4.79 Å². The fraction of sp³-hybridized carbons (Fsp3) is 0.214. The highest BCUT2D eigenvalue weighted by atomic mass is 32.2. The van der Waals surface area contributed by atoms with Gasteiger partial charge in [-0.2, -0.15) is 0 Å². The minimum Gasteiger partial charge on any atom is -0.325 e. The number of hydrogen-bond acceptors (Lipinski definition) is 4. The monoisotopic (exact) mass is 291 g/mol. The van der Waals surface area contributed by atoms with E-state index in [-0.39, 0.29) is 17.5 Å². The Bertz CT molecular complexity index is 613. The molecule has 0 atom stereocenters. The Morgan fingerprint density at radius 3 is 2.80 bits per heavy atom. The Morgan fingerprint density at radius 1 is 1.30 bits per heavy atom. The average molecular weight is 291 g/mol. The number of benzene rings is 1. The number of nitrogens with one attached hydrogen (secondary N) is 1. The molecule has 6 heteroatoms. The number of anilines is 1. The Hall–Kier alpha value is -1.95. The minimum atomic E-state index is -0.377. The van der Waals surface area contributed by atoms with Crippen molar-refractivity contribution >= 4 is 23.4 Å². The number of nitrogens with zero attached hydrogens (tertiary/aromatic N) is 2. The quantitative estimate of drug-likeness (QED) is 0.695. The van der Waals surface area contributed by atoms with Crippen molar-refractivity contribution in [2.24, 2.45) is 0 Å². The molecular weight excluding hydrogens is 277 g/mol. The van der Waals surface area contributed by atoms with Crippen LogP contribution in [-0.2, 0) is 4.79 Å². The van der Waals surface area contributed by atoms with E-state index in [1.807, 2.05) is 19.9 Å². The molecule has 0 fully saturated rings. The molecule has 0 bridgehead atoms. The van der Waals surface area contributed by atoms with Crippen molar-refractivity contribution in [3.63, 3.8) is 0 Å². The normalized spacial score (nSPS) is 10.3. The molecule has 1 aromatic heterocycles. The summed E-state index contributed by atoms with van der Waals surface area (Å²) in [5.41, 5.74) is 1.32. The first-order valence-corrected chi connectivity index (χ1v) is 7.02. The van der Waals surface area contributed by atoms with E-state index in [1.165, 1.54) is 23.9 Å². The first-order valence-electron chi connectivity index (χ1n) is 6.03. The smallest absolute Gasteiger partial charge is 0.234 e. The first kappa shape index (κ1) is 14.5. The predicted octanol–water partition coefficient (Wildman–Crippen LogP) is 2.96. The first-order chi connectivity index (χ1) is 9.52. The van der Waals surface area contributed by atoms with Crippen LogP contribution in [0.3, 0.4) is 0 Å². The molecule has 104 valence electrons. The van der Waals surface area contributed by atoms with E-state index in [0.29, 0.717) is 11.5 Å². The van der Waals surface area contributed by atoms with Crippen LogP contribution in [-0.4, -0.2) is 21.6 Å². The summed E-state index contributed by atoms with van der Waals surface area (Å²) in [6.45, 7) is 3.69. The number of hydrogen-bond donors (Lipinski definition) is 1. The van der Waals surface area contributed by atoms with E-state index < -0.39 is 0 Å². The van der Waals surface area contributed by atoms with E-state index in [9.17, 15) is 9.18 Å². The van der Waals surface area contributed by atoms with Gasteiger partial charge in [-0.25, -0.2) is 14.4 Å². The molecule has 0 unspecified atom stereocenters. The van der Waals surface area contributed by atoms with Gasteiger partial charge in [0.15, 0.2) is 0 Å². The van der Waals surface area contributed by atoms with Gasteiger partial charge in [0.2, 0.25) is 5.91 Å². The second-order valence-electron chi connectivity index (χ2n) is 4.24. The largest absolute Gasteiger partial charge is 0.325 e. The number of halogens is 1. The van der Waals surface area contributed by atoms with Gasteiger partial charge in [-0.05, 0) is 38.1 Å². The van der Waals surface area contributed by atoms with Gasteiger partial charge in [0.25, 0.3) is 0 Å². The molecule has 4 nitrogen and oxygen atoms in total. The lowest BCUT2D eigenvalue weighted by molar-refractivity contribution is -0.113. The van der Waals surface area contributed by atoms with Crippen molar-refractivity contribution in [2.75, 3.05) is 11.1 Å². The predicted molar refractivity (Wildman–Crippen MR) is 77.3 cm³/mol. The molecule has 0 spiro atoms. The number of amides is 1. The van der Waals surface area contributed by atoms with Crippen molar-refractivity contribution < 1.29 is 9.18 Å². The third-order valence-corrected chi connectivity index (χ3v) is 3.31. The van der Waals surface area contributed by atoms with Crippen molar-refractivity contribution in [1.29, 1.82) is 0 Å². The van der Waals surface area contributed by atoms with Crippen LogP contribution in [0, 0.1) is 19.7 Å². The number of aromatic nitrogens is 2.